The molecule has 0 bridgehead atoms. The van der Waals surface area contributed by atoms with Crippen molar-refractivity contribution in [1.29, 1.82) is 0 Å². The Hall–Kier alpha value is -5.72. The second-order valence-electron chi connectivity index (χ2n) is 15.1. The molecule has 2 aliphatic carbocycles. The maximum absolute atomic E-state index is 13.6. The average molecular weight is 841 g/mol. The van der Waals surface area contributed by atoms with E-state index >= 15 is 0 Å². The first-order valence-electron chi connectivity index (χ1n) is 20.2. The van der Waals surface area contributed by atoms with Gasteiger partial charge < -0.3 is 10.5 Å². The van der Waals surface area contributed by atoms with Crippen molar-refractivity contribution in [3.05, 3.63) is 165 Å². The maximum atomic E-state index is 13.6. The lowest BCUT2D eigenvalue weighted by Gasteiger charge is -2.28. The Morgan fingerprint density at radius 1 is 0.850 bits per heavy atom. The Labute approximate surface area is 354 Å². The predicted octanol–water partition coefficient (Wildman–Crippen LogP) is 10.0. The van der Waals surface area contributed by atoms with Crippen LogP contribution in [0.5, 0.6) is 0 Å². The first kappa shape index (κ1) is 41.0. The molecule has 11 heteroatoms. The van der Waals surface area contributed by atoms with Gasteiger partial charge in [-0.3, -0.25) is 9.59 Å². The summed E-state index contributed by atoms with van der Waals surface area (Å²) >= 11 is 1.83. The van der Waals surface area contributed by atoms with Gasteiger partial charge >= 0.3 is 0 Å². The Morgan fingerprint density at radius 3 is 2.40 bits per heavy atom. The second-order valence-corrected chi connectivity index (χ2v) is 18.3. The van der Waals surface area contributed by atoms with E-state index < -0.39 is 27.3 Å². The first-order valence-corrected chi connectivity index (χ1v) is 22.6. The van der Waals surface area contributed by atoms with Gasteiger partial charge in [-0.25, -0.2) is 17.6 Å². The number of anilines is 1. The van der Waals surface area contributed by atoms with Gasteiger partial charge in [0.1, 0.15) is 5.82 Å². The fourth-order valence-corrected chi connectivity index (χ4v) is 10.3. The molecule has 9 rings (SSSR count). The normalized spacial score (nSPS) is 18.6. The van der Waals surface area contributed by atoms with Crippen molar-refractivity contribution in [3.63, 3.8) is 0 Å². The molecule has 4 aliphatic rings. The lowest BCUT2D eigenvalue weighted by Crippen LogP contribution is -2.36. The highest BCUT2D eigenvalue weighted by molar-refractivity contribution is 7.95. The number of ether oxygens (including phenoxy) is 1. The molecule has 0 saturated carbocycles. The van der Waals surface area contributed by atoms with Crippen molar-refractivity contribution in [3.8, 4) is 21.6 Å². The Kier molecular flexibility index (Phi) is 12.5. The van der Waals surface area contributed by atoms with Crippen LogP contribution in [0.4, 0.5) is 10.1 Å². The van der Waals surface area contributed by atoms with Gasteiger partial charge in [0, 0.05) is 40.7 Å². The van der Waals surface area contributed by atoms with E-state index in [1.165, 1.54) is 96.3 Å². The smallest absolute Gasteiger partial charge is 0.275 e. The summed E-state index contributed by atoms with van der Waals surface area (Å²) in [6, 6.07) is 31.9. The molecule has 8 nitrogen and oxygen atoms in total. The van der Waals surface area contributed by atoms with E-state index in [1.54, 1.807) is 12.2 Å². The zero-order valence-electron chi connectivity index (χ0n) is 33.0. The standard InChI is InChI=1S/C42H36FNO3S.C7H9NO3S/c43-33-16-18-34(19-17-33)44(47-42-7-3-4-26-46-42)41(45)25-10-28-8-11-30(12-9-28)39-23-24-40(48-39)32-15-20-36-31(27-32)14-22-37-35-6-2-1-5-29(35)13-21-38(36)37;8-7(9)5-6-3-1-2-4-12(6,10)11/h1-2,5-6,8-12,14,16-19,22-25,27,42H,3-4,7,13,15,20-21,26H2;1-4,6H,5H2,(H2,8,9). The molecule has 5 aromatic rings. The first-order chi connectivity index (χ1) is 29.1. The number of fused-ring (bicyclic) bond motifs is 5. The molecular weight excluding hydrogens is 796 g/mol. The quantitative estimate of drug-likeness (QED) is 0.117. The minimum atomic E-state index is -3.29. The number of nitrogens with two attached hydrogens (primary N) is 1. The molecule has 60 heavy (non-hydrogen) atoms. The van der Waals surface area contributed by atoms with Crippen molar-refractivity contribution < 1.29 is 32.0 Å². The number of sulfone groups is 1. The molecule has 2 N–H and O–H groups in total. The molecule has 3 heterocycles. The number of rotatable bonds is 9. The molecule has 1 fully saturated rings. The number of aryl methyl sites for hydroxylation is 1. The maximum Gasteiger partial charge on any atom is 0.275 e. The van der Waals surface area contributed by atoms with E-state index in [0.717, 1.165) is 55.1 Å². The lowest BCUT2D eigenvalue weighted by atomic mass is 9.78. The predicted molar refractivity (Wildman–Crippen MR) is 238 cm³/mol. The minimum Gasteiger partial charge on any atom is -0.370 e. The number of benzene rings is 4. The van der Waals surface area contributed by atoms with Crippen molar-refractivity contribution in [2.75, 3.05) is 11.7 Å². The largest absolute Gasteiger partial charge is 0.370 e. The molecule has 2 atom stereocenters. The van der Waals surface area contributed by atoms with Gasteiger partial charge in [-0.1, -0.05) is 85.0 Å². The van der Waals surface area contributed by atoms with E-state index in [9.17, 15) is 22.4 Å². The number of halogens is 1. The number of amides is 2. The molecule has 0 radical (unpaired) electrons. The zero-order chi connectivity index (χ0) is 41.6. The molecular formula is C49H45FN2O6S2. The molecule has 2 amide bonds. The van der Waals surface area contributed by atoms with Crippen molar-refractivity contribution >= 4 is 56.4 Å². The van der Waals surface area contributed by atoms with Crippen LogP contribution in [0, 0.1) is 5.82 Å². The fourth-order valence-electron chi connectivity index (χ4n) is 7.98. The van der Waals surface area contributed by atoms with Crippen LogP contribution in [-0.4, -0.2) is 38.4 Å². The van der Waals surface area contributed by atoms with Gasteiger partial charge in [0.25, 0.3) is 5.91 Å². The second kappa shape index (κ2) is 18.3. The third kappa shape index (κ3) is 9.50. The van der Waals surface area contributed by atoms with Gasteiger partial charge in [0.15, 0.2) is 16.1 Å². The molecule has 2 aliphatic heterocycles. The van der Waals surface area contributed by atoms with Gasteiger partial charge in [-0.2, -0.15) is 5.06 Å². The summed E-state index contributed by atoms with van der Waals surface area (Å²) in [5.74, 6) is -1.35. The Balaban J connectivity index is 0.000000360. The van der Waals surface area contributed by atoms with E-state index in [0.29, 0.717) is 18.7 Å². The highest BCUT2D eigenvalue weighted by Gasteiger charge is 2.26. The van der Waals surface area contributed by atoms with Crippen LogP contribution in [0.25, 0.3) is 39.3 Å². The highest BCUT2D eigenvalue weighted by atomic mass is 32.2. The zero-order valence-corrected chi connectivity index (χ0v) is 34.6. The van der Waals surface area contributed by atoms with Crippen molar-refractivity contribution in [2.24, 2.45) is 5.73 Å². The highest BCUT2D eigenvalue weighted by Crippen LogP contribution is 2.42. The number of hydrogen-bond acceptors (Lipinski definition) is 7. The number of thiophene rings is 1. The van der Waals surface area contributed by atoms with Gasteiger partial charge in [0.05, 0.1) is 10.9 Å². The number of carbonyl (C=O) groups is 2. The number of carbonyl (C=O) groups excluding carboxylic acids is 2. The summed E-state index contributed by atoms with van der Waals surface area (Å²) in [6.45, 7) is 0.590. The molecule has 0 spiro atoms. The summed E-state index contributed by atoms with van der Waals surface area (Å²) in [4.78, 5) is 32.2. The fraction of sp³-hybridized carbons (Fsp3) is 0.224. The summed E-state index contributed by atoms with van der Waals surface area (Å²) in [5, 5.41) is 1.50. The van der Waals surface area contributed by atoms with Crippen LogP contribution >= 0.6 is 11.3 Å². The SMILES string of the molecule is NC(=O)CC1C=CC=CS1(=O)=O.O=C(C=Cc1ccc(-c2ccc(C3=Cc4ccc5c(c4CC3)CCc3ccccc3-5)s2)cc1)N(OC1CCCCO1)c1ccc(F)cc1. The molecule has 2 unspecified atom stereocenters. The van der Waals surface area contributed by atoms with Crippen LogP contribution in [0.15, 0.2) is 127 Å². The molecule has 1 saturated heterocycles. The monoisotopic (exact) mass is 840 g/mol. The van der Waals surface area contributed by atoms with Crippen LogP contribution in [0.3, 0.4) is 0 Å². The van der Waals surface area contributed by atoms with Crippen LogP contribution in [0.1, 0.15) is 64.8 Å². The van der Waals surface area contributed by atoms with Crippen molar-refractivity contribution in [2.45, 2.75) is 62.9 Å². The summed E-state index contributed by atoms with van der Waals surface area (Å²) in [5.41, 5.74) is 17.5. The van der Waals surface area contributed by atoms with Crippen LogP contribution in [-0.2, 0) is 48.3 Å². The third-order valence-corrected chi connectivity index (χ3v) is 14.0. The van der Waals surface area contributed by atoms with Gasteiger partial charge in [-0.15, -0.1) is 11.3 Å². The number of nitrogens with zero attached hydrogens (tertiary/aromatic N) is 1. The Morgan fingerprint density at radius 2 is 1.63 bits per heavy atom. The average Bonchev–Trinajstić information content (AvgIpc) is 3.77. The Bertz CT molecular complexity index is 2620. The van der Waals surface area contributed by atoms with E-state index in [1.807, 2.05) is 23.5 Å². The third-order valence-electron chi connectivity index (χ3n) is 11.1. The summed E-state index contributed by atoms with van der Waals surface area (Å²) in [6.07, 6.45) is 16.5. The number of hydrogen-bond donors (Lipinski definition) is 1. The number of hydroxylamine groups is 1. The summed E-state index contributed by atoms with van der Waals surface area (Å²) < 4.78 is 41.6. The topological polar surface area (TPSA) is 116 Å². The van der Waals surface area contributed by atoms with Crippen LogP contribution in [0.2, 0.25) is 0 Å². The number of allylic oxidation sites excluding steroid dienone is 3. The van der Waals surface area contributed by atoms with Crippen molar-refractivity contribution in [1.82, 2.24) is 0 Å². The summed E-state index contributed by atoms with van der Waals surface area (Å²) in [7, 11) is -3.29. The minimum absolute atomic E-state index is 0.150. The molecule has 306 valence electrons. The van der Waals surface area contributed by atoms with Gasteiger partial charge in [-0.05, 0) is 131 Å². The van der Waals surface area contributed by atoms with Gasteiger partial charge in [0.2, 0.25) is 5.91 Å². The van der Waals surface area contributed by atoms with E-state index in [-0.39, 0.29) is 18.1 Å². The van der Waals surface area contributed by atoms with E-state index in [4.69, 9.17) is 15.3 Å². The van der Waals surface area contributed by atoms with Crippen LogP contribution < -0.4 is 10.8 Å². The van der Waals surface area contributed by atoms with E-state index in [2.05, 4.69) is 66.7 Å². The lowest BCUT2D eigenvalue weighted by molar-refractivity contribution is -0.175. The molecule has 4 aromatic carbocycles. The molecule has 1 aromatic heterocycles. The number of primary amides is 1.